The van der Waals surface area contributed by atoms with Gasteiger partial charge in [0.25, 0.3) is 5.91 Å². The standard InChI is InChI=1S/C28H29N3O4.C4H10/c1-20-15-16-24(35-20)13-9-17-29-31-21(2)25(30-28(32)23-11-6-5-7-12-23)18-22-10-8-14-26(33-3)27(19-22)34-4;1-3-4-2/h5-7,9-19,31H,2,8H2,1,3-4H3,(H,30,32);3-4H2,1-2H3/b13-9+,25-18+,29-17-;. The van der Waals surface area contributed by atoms with E-state index in [-0.39, 0.29) is 5.91 Å². The number of carbonyl (C=O) groups is 1. The third-order valence-electron chi connectivity index (χ3n) is 5.44. The van der Waals surface area contributed by atoms with Gasteiger partial charge in [0.1, 0.15) is 11.5 Å². The number of hydrazone groups is 1. The van der Waals surface area contributed by atoms with E-state index < -0.39 is 0 Å². The summed E-state index contributed by atoms with van der Waals surface area (Å²) in [6, 6.07) is 12.7. The first-order valence-electron chi connectivity index (χ1n) is 12.9. The second kappa shape index (κ2) is 17.1. The molecule has 7 nitrogen and oxygen atoms in total. The first kappa shape index (κ1) is 30.7. The first-order valence-corrected chi connectivity index (χ1v) is 12.9. The number of furan rings is 1. The molecule has 1 aliphatic rings. The molecule has 0 radical (unpaired) electrons. The Hall–Kier alpha value is -4.52. The van der Waals surface area contributed by atoms with E-state index in [0.717, 1.165) is 17.1 Å². The molecule has 0 atom stereocenters. The lowest BCUT2D eigenvalue weighted by Gasteiger charge is -2.13. The van der Waals surface area contributed by atoms with Crippen LogP contribution in [0.2, 0.25) is 0 Å². The number of rotatable bonds is 11. The van der Waals surface area contributed by atoms with Gasteiger partial charge in [-0.1, -0.05) is 57.5 Å². The van der Waals surface area contributed by atoms with Crippen LogP contribution in [-0.4, -0.2) is 26.3 Å². The number of amides is 1. The topological polar surface area (TPSA) is 85.1 Å². The van der Waals surface area contributed by atoms with Gasteiger partial charge in [0.2, 0.25) is 0 Å². The van der Waals surface area contributed by atoms with Crippen LogP contribution in [0.5, 0.6) is 0 Å². The molecule has 206 valence electrons. The zero-order chi connectivity index (χ0) is 28.5. The van der Waals surface area contributed by atoms with E-state index >= 15 is 0 Å². The molecule has 1 aromatic carbocycles. The number of aryl methyl sites for hydroxylation is 1. The van der Waals surface area contributed by atoms with E-state index in [0.29, 0.717) is 34.9 Å². The van der Waals surface area contributed by atoms with Gasteiger partial charge in [-0.05, 0) is 73.6 Å². The van der Waals surface area contributed by atoms with Crippen molar-refractivity contribution in [3.8, 4) is 0 Å². The highest BCUT2D eigenvalue weighted by Gasteiger charge is 2.13. The van der Waals surface area contributed by atoms with Crippen LogP contribution in [0.3, 0.4) is 0 Å². The van der Waals surface area contributed by atoms with Crippen LogP contribution < -0.4 is 10.7 Å². The fourth-order valence-corrected chi connectivity index (χ4v) is 3.18. The Kier molecular flexibility index (Phi) is 13.4. The number of carbonyl (C=O) groups excluding carboxylic acids is 1. The zero-order valence-corrected chi connectivity index (χ0v) is 23.5. The number of ether oxygens (including phenoxy) is 2. The molecule has 0 spiro atoms. The second-order valence-corrected chi connectivity index (χ2v) is 8.48. The number of methoxy groups -OCH3 is 2. The van der Waals surface area contributed by atoms with Gasteiger partial charge in [-0.25, -0.2) is 0 Å². The van der Waals surface area contributed by atoms with Crippen molar-refractivity contribution < 1.29 is 18.7 Å². The maximum absolute atomic E-state index is 12.9. The summed E-state index contributed by atoms with van der Waals surface area (Å²) in [4.78, 5) is 12.9. The molecule has 0 saturated heterocycles. The highest BCUT2D eigenvalue weighted by molar-refractivity contribution is 5.95. The molecule has 0 saturated carbocycles. The number of allylic oxidation sites excluding steroid dienone is 6. The largest absolute Gasteiger partial charge is 0.493 e. The lowest BCUT2D eigenvalue weighted by molar-refractivity contribution is 0.0966. The van der Waals surface area contributed by atoms with Crippen LogP contribution in [0.25, 0.3) is 6.08 Å². The van der Waals surface area contributed by atoms with Crippen LogP contribution in [0.4, 0.5) is 0 Å². The minimum atomic E-state index is -0.266. The fraction of sp³-hybridized carbons (Fsp3) is 0.250. The van der Waals surface area contributed by atoms with Crippen molar-refractivity contribution in [2.45, 2.75) is 40.0 Å². The highest BCUT2D eigenvalue weighted by atomic mass is 16.5. The maximum atomic E-state index is 12.9. The molecule has 1 heterocycles. The van der Waals surface area contributed by atoms with Crippen LogP contribution >= 0.6 is 0 Å². The minimum Gasteiger partial charge on any atom is -0.493 e. The predicted molar refractivity (Wildman–Crippen MR) is 159 cm³/mol. The Morgan fingerprint density at radius 2 is 1.77 bits per heavy atom. The first-order chi connectivity index (χ1) is 18.9. The van der Waals surface area contributed by atoms with E-state index in [1.54, 1.807) is 50.8 Å². The fourth-order valence-electron chi connectivity index (χ4n) is 3.18. The summed E-state index contributed by atoms with van der Waals surface area (Å²) in [7, 11) is 3.17. The monoisotopic (exact) mass is 529 g/mol. The molecule has 1 aliphatic carbocycles. The van der Waals surface area contributed by atoms with Crippen molar-refractivity contribution in [1.29, 1.82) is 0 Å². The number of nitrogens with one attached hydrogen (secondary N) is 2. The second-order valence-electron chi connectivity index (χ2n) is 8.48. The minimum absolute atomic E-state index is 0.266. The van der Waals surface area contributed by atoms with E-state index in [2.05, 4.69) is 36.3 Å². The van der Waals surface area contributed by atoms with Gasteiger partial charge < -0.3 is 19.2 Å². The van der Waals surface area contributed by atoms with Crippen molar-refractivity contribution in [2.24, 2.45) is 5.10 Å². The Bertz CT molecular complexity index is 1260. The van der Waals surface area contributed by atoms with Crippen molar-refractivity contribution >= 4 is 18.2 Å². The molecule has 0 bridgehead atoms. The molecule has 1 amide bonds. The van der Waals surface area contributed by atoms with Gasteiger partial charge in [0, 0.05) is 11.8 Å². The Labute approximate surface area is 232 Å². The average molecular weight is 530 g/mol. The molecule has 39 heavy (non-hydrogen) atoms. The number of hydrogen-bond donors (Lipinski definition) is 2. The van der Waals surface area contributed by atoms with Crippen LogP contribution in [-0.2, 0) is 9.47 Å². The van der Waals surface area contributed by atoms with E-state index in [1.165, 1.54) is 12.8 Å². The summed E-state index contributed by atoms with van der Waals surface area (Å²) in [6.45, 7) is 10.3. The van der Waals surface area contributed by atoms with Gasteiger partial charge in [0.15, 0.2) is 11.5 Å². The third-order valence-corrected chi connectivity index (χ3v) is 5.44. The van der Waals surface area contributed by atoms with Crippen molar-refractivity contribution in [3.63, 3.8) is 0 Å². The Balaban J connectivity index is 0.00000124. The van der Waals surface area contributed by atoms with Gasteiger partial charge in [0.05, 0.1) is 25.6 Å². The third kappa shape index (κ3) is 10.8. The van der Waals surface area contributed by atoms with Crippen LogP contribution in [0, 0.1) is 6.92 Å². The van der Waals surface area contributed by atoms with Crippen LogP contribution in [0.15, 0.2) is 117 Å². The molecule has 7 heteroatoms. The highest BCUT2D eigenvalue weighted by Crippen LogP contribution is 2.21. The molecule has 0 fully saturated rings. The van der Waals surface area contributed by atoms with Gasteiger partial charge in [-0.3, -0.25) is 10.2 Å². The zero-order valence-electron chi connectivity index (χ0n) is 23.5. The molecular formula is C32H39N3O4. The number of benzene rings is 1. The summed E-state index contributed by atoms with van der Waals surface area (Å²) in [5.74, 6) is 2.52. The summed E-state index contributed by atoms with van der Waals surface area (Å²) in [6.07, 6.45) is 15.9. The van der Waals surface area contributed by atoms with Gasteiger partial charge in [-0.2, -0.15) is 5.10 Å². The molecule has 2 N–H and O–H groups in total. The number of nitrogens with zero attached hydrogens (tertiary/aromatic N) is 1. The summed E-state index contributed by atoms with van der Waals surface area (Å²) >= 11 is 0. The molecular weight excluding hydrogens is 490 g/mol. The molecule has 0 unspecified atom stereocenters. The Morgan fingerprint density at radius 3 is 2.38 bits per heavy atom. The van der Waals surface area contributed by atoms with Crippen molar-refractivity contribution in [2.75, 3.05) is 14.2 Å². The van der Waals surface area contributed by atoms with Crippen LogP contribution in [0.1, 0.15) is 55.0 Å². The quantitative estimate of drug-likeness (QED) is 0.183. The summed E-state index contributed by atoms with van der Waals surface area (Å²) in [5.41, 5.74) is 5.08. The number of hydrogen-bond acceptors (Lipinski definition) is 6. The predicted octanol–water partition coefficient (Wildman–Crippen LogP) is 7.20. The van der Waals surface area contributed by atoms with E-state index in [1.807, 2.05) is 55.5 Å². The smallest absolute Gasteiger partial charge is 0.255 e. The van der Waals surface area contributed by atoms with Gasteiger partial charge in [-0.15, -0.1) is 0 Å². The maximum Gasteiger partial charge on any atom is 0.255 e. The molecule has 1 aromatic heterocycles. The molecule has 3 rings (SSSR count). The lowest BCUT2D eigenvalue weighted by Crippen LogP contribution is -2.26. The van der Waals surface area contributed by atoms with Crippen molar-refractivity contribution in [3.05, 3.63) is 125 Å². The van der Waals surface area contributed by atoms with E-state index in [4.69, 9.17) is 13.9 Å². The van der Waals surface area contributed by atoms with Gasteiger partial charge >= 0.3 is 0 Å². The van der Waals surface area contributed by atoms with E-state index in [9.17, 15) is 4.79 Å². The Morgan fingerprint density at radius 1 is 1.05 bits per heavy atom. The van der Waals surface area contributed by atoms with Crippen molar-refractivity contribution in [1.82, 2.24) is 10.7 Å². The normalized spacial score (nSPS) is 13.5. The lowest BCUT2D eigenvalue weighted by atomic mass is 10.1. The number of unbranched alkanes of at least 4 members (excludes halogenated alkanes) is 1. The molecule has 2 aromatic rings. The SMILES string of the molecule is C=C(N/N=C\C=C\c1ccc(C)o1)/C(=C\C1=CCC=C(OC)C(OC)=C1)NC(=O)c1ccccc1.CCCC. The summed E-state index contributed by atoms with van der Waals surface area (Å²) in [5, 5.41) is 7.10. The summed E-state index contributed by atoms with van der Waals surface area (Å²) < 4.78 is 16.3. The molecule has 0 aliphatic heterocycles. The average Bonchev–Trinajstić information content (AvgIpc) is 3.27.